The van der Waals surface area contributed by atoms with Crippen LogP contribution in [0.5, 0.6) is 0 Å². The summed E-state index contributed by atoms with van der Waals surface area (Å²) < 4.78 is 0. The van der Waals surface area contributed by atoms with Gasteiger partial charge < -0.3 is 4.90 Å². The lowest BCUT2D eigenvalue weighted by Crippen LogP contribution is -2.21. The van der Waals surface area contributed by atoms with Gasteiger partial charge in [0, 0.05) is 18.8 Å². The average Bonchev–Trinajstić information content (AvgIpc) is 2.71. The first-order valence-corrected chi connectivity index (χ1v) is 10.3. The molecule has 0 amide bonds. The molecule has 1 heteroatoms. The van der Waals surface area contributed by atoms with Crippen molar-refractivity contribution in [1.29, 1.82) is 0 Å². The molecule has 0 heterocycles. The number of aryl methyl sites for hydroxylation is 1. The minimum absolute atomic E-state index is 0.562. The van der Waals surface area contributed by atoms with E-state index in [4.69, 9.17) is 0 Å². The van der Waals surface area contributed by atoms with Crippen LogP contribution in [0.1, 0.15) is 70.6 Å². The van der Waals surface area contributed by atoms with Crippen molar-refractivity contribution in [3.8, 4) is 0 Å². The second-order valence-electron chi connectivity index (χ2n) is 6.36. The molecule has 2 rings (SSSR count). The second kappa shape index (κ2) is 12.4. The summed E-state index contributed by atoms with van der Waals surface area (Å²) in [7, 11) is 0. The molecular weight excluding hydrogens is 314 g/mol. The topological polar surface area (TPSA) is 3.24 Å². The van der Waals surface area contributed by atoms with E-state index in [1.807, 2.05) is 13.8 Å². The van der Waals surface area contributed by atoms with E-state index in [9.17, 15) is 0 Å². The zero-order valence-corrected chi connectivity index (χ0v) is 17.6. The Labute approximate surface area is 161 Å². The maximum Gasteiger partial charge on any atom is 0.0366 e. The van der Waals surface area contributed by atoms with E-state index < -0.39 is 0 Å². The van der Waals surface area contributed by atoms with Crippen molar-refractivity contribution < 1.29 is 0 Å². The van der Waals surface area contributed by atoms with Crippen molar-refractivity contribution >= 4 is 11.8 Å². The van der Waals surface area contributed by atoms with E-state index in [1.165, 1.54) is 22.4 Å². The highest BCUT2D eigenvalue weighted by Gasteiger charge is 2.07. The molecular formula is C25H37N. The number of rotatable bonds is 8. The Bertz CT molecular complexity index is 635. The molecule has 0 aliphatic heterocycles. The van der Waals surface area contributed by atoms with Crippen LogP contribution in [0.4, 0.5) is 5.69 Å². The van der Waals surface area contributed by atoms with Gasteiger partial charge in [0.25, 0.3) is 0 Å². The van der Waals surface area contributed by atoms with E-state index in [1.54, 1.807) is 0 Å². The number of allylic oxidation sites excluding steroid dienone is 1. The quantitative estimate of drug-likeness (QED) is 0.481. The van der Waals surface area contributed by atoms with Crippen LogP contribution in [0.3, 0.4) is 0 Å². The normalized spacial score (nSPS) is 11.8. The molecule has 142 valence electrons. The highest BCUT2D eigenvalue weighted by molar-refractivity contribution is 5.56. The second-order valence-corrected chi connectivity index (χ2v) is 6.36. The summed E-state index contributed by atoms with van der Waals surface area (Å²) in [6.07, 6.45) is 6.74. The van der Waals surface area contributed by atoms with Gasteiger partial charge in [-0.1, -0.05) is 76.2 Å². The maximum atomic E-state index is 2.37. The van der Waals surface area contributed by atoms with Crippen molar-refractivity contribution in [3.05, 3.63) is 71.3 Å². The number of hydrogen-bond donors (Lipinski definition) is 0. The number of nitrogens with zero attached hydrogens (tertiary/aromatic N) is 1. The average molecular weight is 352 g/mol. The van der Waals surface area contributed by atoms with Gasteiger partial charge in [0.2, 0.25) is 0 Å². The van der Waals surface area contributed by atoms with Gasteiger partial charge in [-0.25, -0.2) is 0 Å². The van der Waals surface area contributed by atoms with E-state index in [0.29, 0.717) is 5.92 Å². The lowest BCUT2D eigenvalue weighted by atomic mass is 9.92. The molecule has 0 spiro atoms. The summed E-state index contributed by atoms with van der Waals surface area (Å²) >= 11 is 0. The summed E-state index contributed by atoms with van der Waals surface area (Å²) in [5, 5.41) is 0. The molecule has 0 aliphatic rings. The third kappa shape index (κ3) is 6.37. The molecule has 0 bridgehead atoms. The lowest BCUT2D eigenvalue weighted by Gasteiger charge is -2.20. The molecule has 1 nitrogen and oxygen atoms in total. The zero-order valence-electron chi connectivity index (χ0n) is 17.6. The third-order valence-corrected chi connectivity index (χ3v) is 4.79. The highest BCUT2D eigenvalue weighted by Crippen LogP contribution is 2.24. The first-order valence-electron chi connectivity index (χ1n) is 10.3. The van der Waals surface area contributed by atoms with E-state index in [-0.39, 0.29) is 0 Å². The summed E-state index contributed by atoms with van der Waals surface area (Å²) in [6.45, 7) is 15.1. The van der Waals surface area contributed by atoms with Gasteiger partial charge in [-0.2, -0.15) is 0 Å². The standard InChI is InChI=1S/C23H31N.C2H6/c1-5-21-13-8-9-14-23(21)19(4)11-10-12-20-15-17-22(18-16-20)24(6-2)7-3;1-2/h8-10,12-19H,5-7,11H2,1-4H3;1-2H3/b12-10+;. The number of hydrogen-bond acceptors (Lipinski definition) is 1. The van der Waals surface area contributed by atoms with E-state index >= 15 is 0 Å². The molecule has 0 saturated heterocycles. The highest BCUT2D eigenvalue weighted by atomic mass is 15.1. The van der Waals surface area contributed by atoms with Gasteiger partial charge in [0.05, 0.1) is 0 Å². The van der Waals surface area contributed by atoms with Gasteiger partial charge in [-0.3, -0.25) is 0 Å². The summed E-state index contributed by atoms with van der Waals surface area (Å²) in [6, 6.07) is 17.7. The van der Waals surface area contributed by atoms with E-state index in [0.717, 1.165) is 25.9 Å². The Morgan fingerprint density at radius 1 is 0.885 bits per heavy atom. The minimum atomic E-state index is 0.562. The molecule has 2 aromatic carbocycles. The van der Waals surface area contributed by atoms with Crippen molar-refractivity contribution in [1.82, 2.24) is 0 Å². The maximum absolute atomic E-state index is 2.37. The third-order valence-electron chi connectivity index (χ3n) is 4.79. The molecule has 0 aromatic heterocycles. The predicted octanol–water partition coefficient (Wildman–Crippen LogP) is 7.33. The van der Waals surface area contributed by atoms with Crippen LogP contribution in [0.25, 0.3) is 6.08 Å². The Hall–Kier alpha value is -2.02. The van der Waals surface area contributed by atoms with Crippen molar-refractivity contribution in [3.63, 3.8) is 0 Å². The summed E-state index contributed by atoms with van der Waals surface area (Å²) in [5.41, 5.74) is 5.55. The van der Waals surface area contributed by atoms with Crippen LogP contribution in [0.2, 0.25) is 0 Å². The molecule has 0 fully saturated rings. The number of benzene rings is 2. The molecule has 0 N–H and O–H groups in total. The summed E-state index contributed by atoms with van der Waals surface area (Å²) in [5.74, 6) is 0.562. The van der Waals surface area contributed by atoms with Gasteiger partial charge >= 0.3 is 0 Å². The molecule has 1 atom stereocenters. The lowest BCUT2D eigenvalue weighted by molar-refractivity contribution is 0.769. The van der Waals surface area contributed by atoms with Crippen LogP contribution in [-0.2, 0) is 6.42 Å². The Morgan fingerprint density at radius 3 is 2.08 bits per heavy atom. The molecule has 26 heavy (non-hydrogen) atoms. The molecule has 0 aliphatic carbocycles. The van der Waals surface area contributed by atoms with Crippen LogP contribution < -0.4 is 4.90 Å². The zero-order chi connectivity index (χ0) is 19.4. The smallest absolute Gasteiger partial charge is 0.0366 e. The largest absolute Gasteiger partial charge is 0.372 e. The monoisotopic (exact) mass is 351 g/mol. The minimum Gasteiger partial charge on any atom is -0.372 e. The van der Waals surface area contributed by atoms with Gasteiger partial charge in [0.15, 0.2) is 0 Å². The van der Waals surface area contributed by atoms with Crippen molar-refractivity contribution in [2.24, 2.45) is 0 Å². The van der Waals surface area contributed by atoms with Gasteiger partial charge in [-0.05, 0) is 61.4 Å². The first kappa shape index (κ1) is 22.0. The van der Waals surface area contributed by atoms with Gasteiger partial charge in [0.1, 0.15) is 0 Å². The predicted molar refractivity (Wildman–Crippen MR) is 119 cm³/mol. The van der Waals surface area contributed by atoms with Crippen LogP contribution >= 0.6 is 0 Å². The first-order chi connectivity index (χ1) is 12.7. The fraction of sp³-hybridized carbons (Fsp3) is 0.440. The molecule has 0 radical (unpaired) electrons. The van der Waals surface area contributed by atoms with Crippen molar-refractivity contribution in [2.45, 2.75) is 60.3 Å². The van der Waals surface area contributed by atoms with Crippen molar-refractivity contribution in [2.75, 3.05) is 18.0 Å². The Morgan fingerprint density at radius 2 is 1.50 bits per heavy atom. The fourth-order valence-electron chi connectivity index (χ4n) is 3.26. The van der Waals surface area contributed by atoms with Gasteiger partial charge in [-0.15, -0.1) is 0 Å². The molecule has 0 saturated carbocycles. The van der Waals surface area contributed by atoms with Crippen LogP contribution in [-0.4, -0.2) is 13.1 Å². The van der Waals surface area contributed by atoms with E-state index in [2.05, 4.69) is 93.3 Å². The molecule has 2 aromatic rings. The number of anilines is 1. The summed E-state index contributed by atoms with van der Waals surface area (Å²) in [4.78, 5) is 2.37. The fourth-order valence-corrected chi connectivity index (χ4v) is 3.26. The SMILES string of the molecule is CC.CCc1ccccc1C(C)C/C=C/c1ccc(N(CC)CC)cc1. The Balaban J connectivity index is 0.00000163. The Kier molecular flexibility index (Phi) is 10.5. The molecule has 1 unspecified atom stereocenters. The van der Waals surface area contributed by atoms with Crippen LogP contribution in [0.15, 0.2) is 54.6 Å². The van der Waals surface area contributed by atoms with Crippen LogP contribution in [0, 0.1) is 0 Å².